The maximum atomic E-state index is 3.43. The second kappa shape index (κ2) is 8.02. The molecule has 3 nitrogen and oxygen atoms in total. The number of rotatable bonds is 6. The lowest BCUT2D eigenvalue weighted by Crippen LogP contribution is -2.45. The number of nitrogens with one attached hydrogen (secondary N) is 1. The van der Waals surface area contributed by atoms with Gasteiger partial charge in [0.1, 0.15) is 0 Å². The van der Waals surface area contributed by atoms with E-state index >= 15 is 0 Å². The molecule has 0 atom stereocenters. The predicted octanol–water partition coefficient (Wildman–Crippen LogP) is 3.83. The van der Waals surface area contributed by atoms with Crippen molar-refractivity contribution in [1.29, 1.82) is 0 Å². The fourth-order valence-electron chi connectivity index (χ4n) is 3.07. The molecule has 2 aromatic rings. The van der Waals surface area contributed by atoms with Crippen molar-refractivity contribution in [3.63, 3.8) is 0 Å². The summed E-state index contributed by atoms with van der Waals surface area (Å²) in [6, 6.07) is 19.6. The number of hydrogen-bond acceptors (Lipinski definition) is 3. The van der Waals surface area contributed by atoms with Crippen LogP contribution in [-0.2, 0) is 6.54 Å². The van der Waals surface area contributed by atoms with Gasteiger partial charge in [0, 0.05) is 50.6 Å². The minimum atomic E-state index is 1.04. The summed E-state index contributed by atoms with van der Waals surface area (Å²) in [6.07, 6.45) is 1.16. The lowest BCUT2D eigenvalue weighted by molar-refractivity contribution is 0.250. The van der Waals surface area contributed by atoms with Crippen molar-refractivity contribution in [2.75, 3.05) is 42.9 Å². The Hall–Kier alpha value is -2.00. The topological polar surface area (TPSA) is 18.5 Å². The number of hydrogen-bond donors (Lipinski definition) is 1. The van der Waals surface area contributed by atoms with Gasteiger partial charge in [-0.25, -0.2) is 0 Å². The van der Waals surface area contributed by atoms with Crippen LogP contribution in [0.4, 0.5) is 11.4 Å². The maximum Gasteiger partial charge on any atom is 0.0368 e. The third-order valence-corrected chi connectivity index (χ3v) is 4.43. The molecule has 3 heteroatoms. The Bertz CT molecular complexity index is 572. The number of nitrogens with zero attached hydrogens (tertiary/aromatic N) is 2. The zero-order valence-electron chi connectivity index (χ0n) is 14.0. The Labute approximate surface area is 139 Å². The Morgan fingerprint density at radius 3 is 2.22 bits per heavy atom. The van der Waals surface area contributed by atoms with E-state index in [1.807, 2.05) is 0 Å². The molecule has 0 unspecified atom stereocenters. The molecular formula is C20H27N3. The SMILES string of the molecule is CCCNc1ccc(N2CCN(Cc3ccccc3)CC2)cc1. The van der Waals surface area contributed by atoms with Gasteiger partial charge in [0.15, 0.2) is 0 Å². The van der Waals surface area contributed by atoms with E-state index in [2.05, 4.69) is 76.6 Å². The largest absolute Gasteiger partial charge is 0.385 e. The Kier molecular flexibility index (Phi) is 5.54. The van der Waals surface area contributed by atoms with Crippen LogP contribution in [0.15, 0.2) is 54.6 Å². The van der Waals surface area contributed by atoms with Crippen LogP contribution in [0.25, 0.3) is 0 Å². The van der Waals surface area contributed by atoms with Gasteiger partial charge in [-0.15, -0.1) is 0 Å². The highest BCUT2D eigenvalue weighted by atomic mass is 15.3. The van der Waals surface area contributed by atoms with Crippen LogP contribution in [-0.4, -0.2) is 37.6 Å². The molecule has 1 saturated heterocycles. The standard InChI is InChI=1S/C20H27N3/c1-2-12-21-19-8-10-20(11-9-19)23-15-13-22(14-16-23)17-18-6-4-3-5-7-18/h3-11,21H,2,12-17H2,1H3. The van der Waals surface area contributed by atoms with Gasteiger partial charge in [-0.1, -0.05) is 37.3 Å². The molecule has 0 radical (unpaired) electrons. The fourth-order valence-corrected chi connectivity index (χ4v) is 3.07. The molecule has 0 amide bonds. The molecule has 2 aromatic carbocycles. The van der Waals surface area contributed by atoms with E-state index in [1.165, 1.54) is 16.9 Å². The Morgan fingerprint density at radius 2 is 1.57 bits per heavy atom. The van der Waals surface area contributed by atoms with Crippen LogP contribution in [0.2, 0.25) is 0 Å². The van der Waals surface area contributed by atoms with Crippen LogP contribution in [0.3, 0.4) is 0 Å². The van der Waals surface area contributed by atoms with Crippen molar-refractivity contribution in [3.05, 3.63) is 60.2 Å². The molecule has 1 aliphatic heterocycles. The zero-order valence-corrected chi connectivity index (χ0v) is 14.0. The Morgan fingerprint density at radius 1 is 0.870 bits per heavy atom. The highest BCUT2D eigenvalue weighted by molar-refractivity contribution is 5.55. The minimum Gasteiger partial charge on any atom is -0.385 e. The van der Waals surface area contributed by atoms with Crippen molar-refractivity contribution in [1.82, 2.24) is 4.90 Å². The number of benzene rings is 2. The fraction of sp³-hybridized carbons (Fsp3) is 0.400. The highest BCUT2D eigenvalue weighted by Gasteiger charge is 2.17. The van der Waals surface area contributed by atoms with Crippen LogP contribution in [0, 0.1) is 0 Å². The average Bonchev–Trinajstić information content (AvgIpc) is 2.62. The molecule has 0 saturated carbocycles. The van der Waals surface area contributed by atoms with Gasteiger partial charge in [0.25, 0.3) is 0 Å². The molecule has 1 fully saturated rings. The molecule has 0 aliphatic carbocycles. The van der Waals surface area contributed by atoms with E-state index in [1.54, 1.807) is 0 Å². The number of piperazine rings is 1. The summed E-state index contributed by atoms with van der Waals surface area (Å²) in [5, 5.41) is 3.43. The third kappa shape index (κ3) is 4.49. The highest BCUT2D eigenvalue weighted by Crippen LogP contribution is 2.20. The van der Waals surface area contributed by atoms with Gasteiger partial charge >= 0.3 is 0 Å². The molecule has 1 aliphatic rings. The molecule has 0 bridgehead atoms. The average molecular weight is 309 g/mol. The lowest BCUT2D eigenvalue weighted by Gasteiger charge is -2.36. The summed E-state index contributed by atoms with van der Waals surface area (Å²) in [7, 11) is 0. The Balaban J connectivity index is 1.50. The van der Waals surface area contributed by atoms with Crippen LogP contribution in [0.5, 0.6) is 0 Å². The first-order chi connectivity index (χ1) is 11.3. The van der Waals surface area contributed by atoms with Gasteiger partial charge < -0.3 is 10.2 Å². The quantitative estimate of drug-likeness (QED) is 0.875. The molecule has 1 N–H and O–H groups in total. The van der Waals surface area contributed by atoms with E-state index in [0.29, 0.717) is 0 Å². The molecule has 0 spiro atoms. The monoisotopic (exact) mass is 309 g/mol. The molecular weight excluding hydrogens is 282 g/mol. The van der Waals surface area contributed by atoms with Crippen LogP contribution in [0.1, 0.15) is 18.9 Å². The molecule has 0 aromatic heterocycles. The van der Waals surface area contributed by atoms with E-state index in [-0.39, 0.29) is 0 Å². The van der Waals surface area contributed by atoms with Gasteiger partial charge in [0.2, 0.25) is 0 Å². The normalized spacial score (nSPS) is 15.6. The summed E-state index contributed by atoms with van der Waals surface area (Å²) >= 11 is 0. The summed E-state index contributed by atoms with van der Waals surface area (Å²) in [6.45, 7) is 8.76. The van der Waals surface area contributed by atoms with Crippen LogP contribution >= 0.6 is 0 Å². The van der Waals surface area contributed by atoms with Gasteiger partial charge in [-0.3, -0.25) is 4.90 Å². The molecule has 23 heavy (non-hydrogen) atoms. The second-order valence-corrected chi connectivity index (χ2v) is 6.22. The first-order valence-corrected chi connectivity index (χ1v) is 8.70. The van der Waals surface area contributed by atoms with Crippen molar-refractivity contribution in [3.8, 4) is 0 Å². The third-order valence-electron chi connectivity index (χ3n) is 4.43. The van der Waals surface area contributed by atoms with E-state index in [0.717, 1.165) is 45.7 Å². The first-order valence-electron chi connectivity index (χ1n) is 8.70. The van der Waals surface area contributed by atoms with Gasteiger partial charge in [-0.05, 0) is 36.2 Å². The van der Waals surface area contributed by atoms with Gasteiger partial charge in [-0.2, -0.15) is 0 Å². The zero-order chi connectivity index (χ0) is 15.9. The van der Waals surface area contributed by atoms with E-state index < -0.39 is 0 Å². The minimum absolute atomic E-state index is 1.04. The molecule has 1 heterocycles. The van der Waals surface area contributed by atoms with Gasteiger partial charge in [0.05, 0.1) is 0 Å². The molecule has 122 valence electrons. The van der Waals surface area contributed by atoms with E-state index in [9.17, 15) is 0 Å². The summed E-state index contributed by atoms with van der Waals surface area (Å²) in [4.78, 5) is 5.04. The summed E-state index contributed by atoms with van der Waals surface area (Å²) < 4.78 is 0. The van der Waals surface area contributed by atoms with Crippen LogP contribution < -0.4 is 10.2 Å². The van der Waals surface area contributed by atoms with Crippen molar-refractivity contribution in [2.45, 2.75) is 19.9 Å². The maximum absolute atomic E-state index is 3.43. The lowest BCUT2D eigenvalue weighted by atomic mass is 10.2. The van der Waals surface area contributed by atoms with Crippen molar-refractivity contribution >= 4 is 11.4 Å². The van der Waals surface area contributed by atoms with Crippen molar-refractivity contribution < 1.29 is 0 Å². The predicted molar refractivity (Wildman–Crippen MR) is 99.2 cm³/mol. The first kappa shape index (κ1) is 15.9. The molecule has 3 rings (SSSR count). The smallest absolute Gasteiger partial charge is 0.0368 e. The summed E-state index contributed by atoms with van der Waals surface area (Å²) in [5.74, 6) is 0. The second-order valence-electron chi connectivity index (χ2n) is 6.22. The van der Waals surface area contributed by atoms with E-state index in [4.69, 9.17) is 0 Å². The number of anilines is 2. The van der Waals surface area contributed by atoms with Crippen molar-refractivity contribution in [2.24, 2.45) is 0 Å². The summed E-state index contributed by atoms with van der Waals surface area (Å²) in [5.41, 5.74) is 3.97.